The van der Waals surface area contributed by atoms with Crippen molar-refractivity contribution in [2.24, 2.45) is 5.41 Å². The zero-order chi connectivity index (χ0) is 15.7. The third kappa shape index (κ3) is 6.93. The summed E-state index contributed by atoms with van der Waals surface area (Å²) in [7, 11) is 0. The Morgan fingerprint density at radius 1 is 1.24 bits per heavy atom. The van der Waals surface area contributed by atoms with Gasteiger partial charge in [0, 0.05) is 5.56 Å². The number of hydrogen-bond donors (Lipinski definition) is 0. The van der Waals surface area contributed by atoms with Crippen LogP contribution in [0.2, 0.25) is 0 Å². The normalized spacial score (nSPS) is 11.0. The lowest BCUT2D eigenvalue weighted by atomic mass is 9.85. The van der Waals surface area contributed by atoms with Gasteiger partial charge in [-0.2, -0.15) is 0 Å². The van der Waals surface area contributed by atoms with Crippen molar-refractivity contribution in [1.29, 1.82) is 0 Å². The summed E-state index contributed by atoms with van der Waals surface area (Å²) < 4.78 is 10.4. The van der Waals surface area contributed by atoms with E-state index in [-0.39, 0.29) is 12.6 Å². The lowest BCUT2D eigenvalue weighted by Gasteiger charge is -2.21. The minimum Gasteiger partial charge on any atom is -0.482 e. The van der Waals surface area contributed by atoms with Gasteiger partial charge < -0.3 is 9.47 Å². The number of esters is 1. The van der Waals surface area contributed by atoms with E-state index in [1.165, 1.54) is 0 Å². The van der Waals surface area contributed by atoms with Crippen molar-refractivity contribution in [2.45, 2.75) is 40.0 Å². The fraction of sp³-hybridized carbons (Fsp3) is 0.529. The van der Waals surface area contributed by atoms with Crippen molar-refractivity contribution >= 4 is 12.3 Å². The van der Waals surface area contributed by atoms with Gasteiger partial charge in [-0.3, -0.25) is 4.79 Å². The molecule has 1 rings (SSSR count). The number of hydrogen-bond acceptors (Lipinski definition) is 4. The lowest BCUT2D eigenvalue weighted by molar-refractivity contribution is -0.146. The standard InChI is InChI=1S/C17H24O4/c1-4-17(2,3)10-5-11-20-16(19)13-21-15-8-6-14(12-18)7-9-15/h6-9,12H,4-5,10-11,13H2,1-3H3. The Morgan fingerprint density at radius 2 is 1.90 bits per heavy atom. The van der Waals surface area contributed by atoms with Crippen LogP contribution in [0.5, 0.6) is 5.75 Å². The van der Waals surface area contributed by atoms with E-state index in [2.05, 4.69) is 20.8 Å². The maximum Gasteiger partial charge on any atom is 0.344 e. The summed E-state index contributed by atoms with van der Waals surface area (Å²) in [4.78, 5) is 22.0. The highest BCUT2D eigenvalue weighted by molar-refractivity contribution is 5.75. The van der Waals surface area contributed by atoms with Crippen LogP contribution >= 0.6 is 0 Å². The van der Waals surface area contributed by atoms with Gasteiger partial charge in [-0.15, -0.1) is 0 Å². The minimum atomic E-state index is -0.372. The van der Waals surface area contributed by atoms with Gasteiger partial charge in [0.25, 0.3) is 0 Å². The summed E-state index contributed by atoms with van der Waals surface area (Å²) in [5, 5.41) is 0. The van der Waals surface area contributed by atoms with Crippen molar-refractivity contribution in [3.63, 3.8) is 0 Å². The van der Waals surface area contributed by atoms with Crippen LogP contribution in [0.4, 0.5) is 0 Å². The molecule has 21 heavy (non-hydrogen) atoms. The molecule has 116 valence electrons. The molecule has 0 fully saturated rings. The highest BCUT2D eigenvalue weighted by atomic mass is 16.6. The van der Waals surface area contributed by atoms with Crippen molar-refractivity contribution in [3.8, 4) is 5.75 Å². The Kier molecular flexibility index (Phi) is 6.92. The molecule has 4 nitrogen and oxygen atoms in total. The maximum absolute atomic E-state index is 11.5. The van der Waals surface area contributed by atoms with Gasteiger partial charge in [-0.05, 0) is 42.5 Å². The Labute approximate surface area is 126 Å². The summed E-state index contributed by atoms with van der Waals surface area (Å²) >= 11 is 0. The van der Waals surface area contributed by atoms with Gasteiger partial charge >= 0.3 is 5.97 Å². The zero-order valence-electron chi connectivity index (χ0n) is 13.1. The van der Waals surface area contributed by atoms with Gasteiger partial charge in [0.15, 0.2) is 6.61 Å². The third-order valence-electron chi connectivity index (χ3n) is 3.59. The Hall–Kier alpha value is -1.84. The first-order chi connectivity index (χ1) is 9.96. The molecular weight excluding hydrogens is 268 g/mol. The molecule has 0 N–H and O–H groups in total. The zero-order valence-corrected chi connectivity index (χ0v) is 13.1. The second-order valence-electron chi connectivity index (χ2n) is 5.82. The van der Waals surface area contributed by atoms with Crippen LogP contribution in [-0.4, -0.2) is 25.5 Å². The van der Waals surface area contributed by atoms with E-state index < -0.39 is 0 Å². The molecule has 0 heterocycles. The molecule has 0 aliphatic carbocycles. The molecule has 0 aromatic heterocycles. The quantitative estimate of drug-likeness (QED) is 0.396. The Morgan fingerprint density at radius 3 is 2.48 bits per heavy atom. The monoisotopic (exact) mass is 292 g/mol. The second kappa shape index (κ2) is 8.45. The molecule has 0 bridgehead atoms. The Bertz CT molecular complexity index is 448. The third-order valence-corrected chi connectivity index (χ3v) is 3.59. The van der Waals surface area contributed by atoms with Gasteiger partial charge in [0.05, 0.1) is 6.61 Å². The van der Waals surface area contributed by atoms with E-state index in [4.69, 9.17) is 9.47 Å². The van der Waals surface area contributed by atoms with Crippen LogP contribution in [0.25, 0.3) is 0 Å². The van der Waals surface area contributed by atoms with Gasteiger partial charge in [-0.1, -0.05) is 27.2 Å². The number of ether oxygens (including phenoxy) is 2. The molecule has 1 aromatic carbocycles. The average molecular weight is 292 g/mol. The lowest BCUT2D eigenvalue weighted by Crippen LogP contribution is -2.17. The molecule has 0 unspecified atom stereocenters. The van der Waals surface area contributed by atoms with Gasteiger partial charge in [0.2, 0.25) is 0 Å². The first-order valence-electron chi connectivity index (χ1n) is 7.30. The largest absolute Gasteiger partial charge is 0.482 e. The summed E-state index contributed by atoms with van der Waals surface area (Å²) in [5.74, 6) is 0.174. The fourth-order valence-electron chi connectivity index (χ4n) is 1.74. The molecule has 1 aromatic rings. The number of aldehydes is 1. The van der Waals surface area contributed by atoms with Crippen LogP contribution in [-0.2, 0) is 9.53 Å². The highest BCUT2D eigenvalue weighted by Gasteiger charge is 2.14. The van der Waals surface area contributed by atoms with E-state index in [1.807, 2.05) is 0 Å². The van der Waals surface area contributed by atoms with Crippen LogP contribution in [0.15, 0.2) is 24.3 Å². The predicted octanol–water partition coefficient (Wildman–Crippen LogP) is 3.64. The van der Waals surface area contributed by atoms with Crippen molar-refractivity contribution in [2.75, 3.05) is 13.2 Å². The molecule has 0 amide bonds. The molecule has 0 saturated heterocycles. The summed E-state index contributed by atoms with van der Waals surface area (Å²) in [6.45, 7) is 6.89. The SMILES string of the molecule is CCC(C)(C)CCCOC(=O)COc1ccc(C=O)cc1. The summed E-state index contributed by atoms with van der Waals surface area (Å²) in [6, 6.07) is 6.59. The first-order valence-corrected chi connectivity index (χ1v) is 7.30. The average Bonchev–Trinajstić information content (AvgIpc) is 2.50. The molecule has 0 atom stereocenters. The highest BCUT2D eigenvalue weighted by Crippen LogP contribution is 2.25. The maximum atomic E-state index is 11.5. The molecule has 0 spiro atoms. The van der Waals surface area contributed by atoms with Crippen LogP contribution in [0, 0.1) is 5.41 Å². The van der Waals surface area contributed by atoms with E-state index >= 15 is 0 Å². The van der Waals surface area contributed by atoms with Crippen molar-refractivity contribution in [3.05, 3.63) is 29.8 Å². The van der Waals surface area contributed by atoms with Gasteiger partial charge in [-0.25, -0.2) is 4.79 Å². The van der Waals surface area contributed by atoms with Crippen LogP contribution in [0.1, 0.15) is 50.4 Å². The second-order valence-corrected chi connectivity index (χ2v) is 5.82. The van der Waals surface area contributed by atoms with E-state index in [9.17, 15) is 9.59 Å². The number of rotatable bonds is 9. The predicted molar refractivity (Wildman–Crippen MR) is 81.6 cm³/mol. The number of carbonyl (C=O) groups excluding carboxylic acids is 2. The fourth-order valence-corrected chi connectivity index (χ4v) is 1.74. The van der Waals surface area contributed by atoms with E-state index in [0.29, 0.717) is 23.3 Å². The topological polar surface area (TPSA) is 52.6 Å². The smallest absolute Gasteiger partial charge is 0.344 e. The van der Waals surface area contributed by atoms with Crippen molar-refractivity contribution < 1.29 is 19.1 Å². The molecule has 0 radical (unpaired) electrons. The number of carbonyl (C=O) groups is 2. The molecular formula is C17H24O4. The number of benzene rings is 1. The molecule has 0 aliphatic rings. The van der Waals surface area contributed by atoms with E-state index in [0.717, 1.165) is 25.5 Å². The summed E-state index contributed by atoms with van der Waals surface area (Å²) in [5.41, 5.74) is 0.868. The summed E-state index contributed by atoms with van der Waals surface area (Å²) in [6.07, 6.45) is 3.77. The molecule has 0 aliphatic heterocycles. The Balaban J connectivity index is 2.20. The molecule has 4 heteroatoms. The van der Waals surface area contributed by atoms with Gasteiger partial charge in [0.1, 0.15) is 12.0 Å². The first kappa shape index (κ1) is 17.2. The minimum absolute atomic E-state index is 0.113. The van der Waals surface area contributed by atoms with Crippen LogP contribution in [0.3, 0.4) is 0 Å². The van der Waals surface area contributed by atoms with Crippen LogP contribution < -0.4 is 4.74 Å². The molecule has 0 saturated carbocycles. The van der Waals surface area contributed by atoms with E-state index in [1.54, 1.807) is 24.3 Å². The van der Waals surface area contributed by atoms with Crippen molar-refractivity contribution in [1.82, 2.24) is 0 Å².